The van der Waals surface area contributed by atoms with Gasteiger partial charge in [0.15, 0.2) is 11.4 Å². The highest BCUT2D eigenvalue weighted by atomic mass is 19.4. The van der Waals surface area contributed by atoms with E-state index in [0.29, 0.717) is 6.07 Å². The molecule has 8 heteroatoms. The maximum atomic E-state index is 12.9. The largest absolute Gasteiger partial charge is 0.573 e. The molecule has 0 aliphatic carbocycles. The molecule has 0 saturated carbocycles. The molecular weight excluding hydrogens is 234 g/mol. The molecule has 0 radical (unpaired) electrons. The van der Waals surface area contributed by atoms with Crippen molar-refractivity contribution in [1.29, 1.82) is 0 Å². The van der Waals surface area contributed by atoms with Gasteiger partial charge in [0, 0.05) is 0 Å². The summed E-state index contributed by atoms with van der Waals surface area (Å²) >= 11 is 0. The van der Waals surface area contributed by atoms with Crippen molar-refractivity contribution in [2.24, 2.45) is 0 Å². The number of esters is 1. The summed E-state index contributed by atoms with van der Waals surface area (Å²) in [6.07, 6.45) is -5.02. The summed E-state index contributed by atoms with van der Waals surface area (Å²) in [5, 5.41) is 0. The van der Waals surface area contributed by atoms with Crippen molar-refractivity contribution >= 4 is 5.97 Å². The van der Waals surface area contributed by atoms with Crippen molar-refractivity contribution in [2.75, 3.05) is 7.11 Å². The van der Waals surface area contributed by atoms with Crippen LogP contribution in [0.15, 0.2) is 12.1 Å². The Hall–Kier alpha value is -1.86. The third-order valence-corrected chi connectivity index (χ3v) is 1.43. The Bertz CT molecular complexity index is 405. The lowest BCUT2D eigenvalue weighted by atomic mass is 10.3. The van der Waals surface area contributed by atoms with Crippen LogP contribution in [-0.2, 0) is 4.74 Å². The summed E-state index contributed by atoms with van der Waals surface area (Å²) in [5.74, 6) is -3.61. The van der Waals surface area contributed by atoms with E-state index in [1.807, 2.05) is 0 Å². The van der Waals surface area contributed by atoms with Crippen LogP contribution >= 0.6 is 0 Å². The van der Waals surface area contributed by atoms with Gasteiger partial charge in [-0.1, -0.05) is 0 Å². The first-order valence-corrected chi connectivity index (χ1v) is 3.84. The van der Waals surface area contributed by atoms with Gasteiger partial charge in [0.25, 0.3) is 5.95 Å². The van der Waals surface area contributed by atoms with Crippen molar-refractivity contribution in [3.63, 3.8) is 0 Å². The predicted molar refractivity (Wildman–Crippen MR) is 42.2 cm³/mol. The van der Waals surface area contributed by atoms with Crippen LogP contribution in [0, 0.1) is 5.95 Å². The highest BCUT2D eigenvalue weighted by Crippen LogP contribution is 2.24. The van der Waals surface area contributed by atoms with E-state index in [4.69, 9.17) is 0 Å². The zero-order valence-electron chi connectivity index (χ0n) is 7.84. The molecule has 1 aromatic rings. The molecule has 0 spiro atoms. The molecule has 4 nitrogen and oxygen atoms in total. The normalized spacial score (nSPS) is 11.1. The van der Waals surface area contributed by atoms with Gasteiger partial charge in [0.05, 0.1) is 7.11 Å². The van der Waals surface area contributed by atoms with Crippen LogP contribution in [0.3, 0.4) is 0 Å². The SMILES string of the molecule is COC(=O)c1ccc(OC(F)(F)F)c(F)n1. The molecule has 88 valence electrons. The minimum atomic E-state index is -5.02. The Morgan fingerprint density at radius 1 is 1.38 bits per heavy atom. The molecule has 16 heavy (non-hydrogen) atoms. The minimum Gasteiger partial charge on any atom is -0.464 e. The number of halogens is 4. The van der Waals surface area contributed by atoms with Crippen molar-refractivity contribution in [3.05, 3.63) is 23.8 Å². The van der Waals surface area contributed by atoms with E-state index in [2.05, 4.69) is 14.5 Å². The third-order valence-electron chi connectivity index (χ3n) is 1.43. The molecule has 0 unspecified atom stereocenters. The fraction of sp³-hybridized carbons (Fsp3) is 0.250. The fourth-order valence-corrected chi connectivity index (χ4v) is 0.841. The standard InChI is InChI=1S/C8H5F4NO3/c1-15-7(14)4-2-3-5(6(9)13-4)16-8(10,11)12/h2-3H,1H3. The molecule has 1 rings (SSSR count). The third kappa shape index (κ3) is 3.07. The zero-order chi connectivity index (χ0) is 12.3. The number of pyridine rings is 1. The summed E-state index contributed by atoms with van der Waals surface area (Å²) < 4.78 is 55.7. The van der Waals surface area contributed by atoms with Gasteiger partial charge < -0.3 is 9.47 Å². The van der Waals surface area contributed by atoms with Gasteiger partial charge in [-0.2, -0.15) is 4.39 Å². The van der Waals surface area contributed by atoms with Gasteiger partial charge in [-0.15, -0.1) is 13.2 Å². The first-order chi connectivity index (χ1) is 7.33. The number of hydrogen-bond acceptors (Lipinski definition) is 4. The van der Waals surface area contributed by atoms with Gasteiger partial charge in [-0.25, -0.2) is 9.78 Å². The van der Waals surface area contributed by atoms with E-state index in [-0.39, 0.29) is 0 Å². The van der Waals surface area contributed by atoms with Gasteiger partial charge >= 0.3 is 12.3 Å². The smallest absolute Gasteiger partial charge is 0.464 e. The Balaban J connectivity index is 2.96. The Kier molecular flexibility index (Phi) is 3.31. The molecule has 0 atom stereocenters. The van der Waals surface area contributed by atoms with Crippen molar-refractivity contribution < 1.29 is 31.8 Å². The predicted octanol–water partition coefficient (Wildman–Crippen LogP) is 1.91. The molecule has 1 heterocycles. The van der Waals surface area contributed by atoms with Crippen molar-refractivity contribution in [1.82, 2.24) is 4.98 Å². The summed E-state index contributed by atoms with van der Waals surface area (Å²) in [5.41, 5.74) is -0.450. The van der Waals surface area contributed by atoms with Crippen LogP contribution in [-0.4, -0.2) is 24.4 Å². The van der Waals surface area contributed by atoms with Gasteiger partial charge in [0.2, 0.25) is 0 Å². The molecular formula is C8H5F4NO3. The van der Waals surface area contributed by atoms with Gasteiger partial charge in [0.1, 0.15) is 0 Å². The Labute approximate surface area is 86.8 Å². The summed E-state index contributed by atoms with van der Waals surface area (Å²) in [6, 6.07) is 1.50. The molecule has 1 aromatic heterocycles. The van der Waals surface area contributed by atoms with E-state index < -0.39 is 29.7 Å². The molecule has 0 aliphatic heterocycles. The number of carbonyl (C=O) groups excluding carboxylic acids is 1. The van der Waals surface area contributed by atoms with E-state index in [0.717, 1.165) is 13.2 Å². The fourth-order valence-electron chi connectivity index (χ4n) is 0.841. The van der Waals surface area contributed by atoms with Gasteiger partial charge in [-0.3, -0.25) is 0 Å². The summed E-state index contributed by atoms with van der Waals surface area (Å²) in [6.45, 7) is 0. The lowest BCUT2D eigenvalue weighted by Crippen LogP contribution is -2.18. The average Bonchev–Trinajstić information content (AvgIpc) is 2.18. The van der Waals surface area contributed by atoms with E-state index in [1.165, 1.54) is 0 Å². The number of hydrogen-bond donors (Lipinski definition) is 0. The zero-order valence-corrected chi connectivity index (χ0v) is 7.84. The molecule has 0 aliphatic rings. The number of carbonyl (C=O) groups is 1. The topological polar surface area (TPSA) is 48.4 Å². The van der Waals surface area contributed by atoms with Crippen molar-refractivity contribution in [2.45, 2.75) is 6.36 Å². The highest BCUT2D eigenvalue weighted by Gasteiger charge is 2.32. The number of nitrogens with zero attached hydrogens (tertiary/aromatic N) is 1. The molecule has 0 bridgehead atoms. The minimum absolute atomic E-state index is 0.450. The Morgan fingerprint density at radius 2 is 2.00 bits per heavy atom. The first kappa shape index (κ1) is 12.2. The quantitative estimate of drug-likeness (QED) is 0.449. The first-order valence-electron chi connectivity index (χ1n) is 3.84. The van der Waals surface area contributed by atoms with Crippen LogP contribution in [0.5, 0.6) is 5.75 Å². The number of alkyl halides is 3. The number of methoxy groups -OCH3 is 1. The van der Waals surface area contributed by atoms with Crippen molar-refractivity contribution in [3.8, 4) is 5.75 Å². The maximum absolute atomic E-state index is 12.9. The second-order valence-electron chi connectivity index (χ2n) is 2.52. The number of rotatable bonds is 2. The van der Waals surface area contributed by atoms with Crippen LogP contribution in [0.25, 0.3) is 0 Å². The second kappa shape index (κ2) is 4.33. The number of aromatic nitrogens is 1. The molecule has 0 fully saturated rings. The molecule has 0 saturated heterocycles. The monoisotopic (exact) mass is 239 g/mol. The molecule has 0 N–H and O–H groups in total. The van der Waals surface area contributed by atoms with Crippen LogP contribution in [0.2, 0.25) is 0 Å². The molecule has 0 amide bonds. The van der Waals surface area contributed by atoms with E-state index in [1.54, 1.807) is 0 Å². The molecule has 0 aromatic carbocycles. The van der Waals surface area contributed by atoms with Crippen LogP contribution in [0.4, 0.5) is 17.6 Å². The highest BCUT2D eigenvalue weighted by molar-refractivity contribution is 5.87. The maximum Gasteiger partial charge on any atom is 0.573 e. The van der Waals surface area contributed by atoms with Crippen LogP contribution < -0.4 is 4.74 Å². The van der Waals surface area contributed by atoms with E-state index >= 15 is 0 Å². The second-order valence-corrected chi connectivity index (χ2v) is 2.52. The lowest BCUT2D eigenvalue weighted by Gasteiger charge is -2.09. The average molecular weight is 239 g/mol. The van der Waals surface area contributed by atoms with E-state index in [9.17, 15) is 22.4 Å². The number of ether oxygens (including phenoxy) is 2. The lowest BCUT2D eigenvalue weighted by molar-refractivity contribution is -0.275. The Morgan fingerprint density at radius 3 is 2.44 bits per heavy atom. The van der Waals surface area contributed by atoms with Crippen LogP contribution in [0.1, 0.15) is 10.5 Å². The van der Waals surface area contributed by atoms with Gasteiger partial charge in [-0.05, 0) is 12.1 Å². The summed E-state index contributed by atoms with van der Waals surface area (Å²) in [4.78, 5) is 13.8. The summed E-state index contributed by atoms with van der Waals surface area (Å²) in [7, 11) is 1.03.